The van der Waals surface area contributed by atoms with Crippen LogP contribution >= 0.6 is 11.3 Å². The molecule has 0 saturated carbocycles. The number of hydrogen-bond acceptors (Lipinski definition) is 5. The number of nitro groups is 1. The van der Waals surface area contributed by atoms with Crippen molar-refractivity contribution in [3.63, 3.8) is 0 Å². The quantitative estimate of drug-likeness (QED) is 0.371. The van der Waals surface area contributed by atoms with Crippen molar-refractivity contribution in [2.45, 2.75) is 18.9 Å². The maximum Gasteiger partial charge on any atom is 0.275 e. The predicted molar refractivity (Wildman–Crippen MR) is 102 cm³/mol. The summed E-state index contributed by atoms with van der Waals surface area (Å²) in [6, 6.07) is 10.9. The summed E-state index contributed by atoms with van der Waals surface area (Å²) < 4.78 is 0. The summed E-state index contributed by atoms with van der Waals surface area (Å²) in [6.07, 6.45) is 2.30. The van der Waals surface area contributed by atoms with Gasteiger partial charge in [0.25, 0.3) is 11.6 Å². The van der Waals surface area contributed by atoms with Gasteiger partial charge in [-0.2, -0.15) is 0 Å². The Morgan fingerprint density at radius 2 is 2.08 bits per heavy atom. The second-order valence-electron chi connectivity index (χ2n) is 6.38. The summed E-state index contributed by atoms with van der Waals surface area (Å²) in [4.78, 5) is 25.1. The van der Waals surface area contributed by atoms with E-state index in [9.17, 15) is 14.9 Å². The Morgan fingerprint density at radius 1 is 1.27 bits per heavy atom. The first kappa shape index (κ1) is 18.3. The fourth-order valence-corrected chi connectivity index (χ4v) is 4.25. The van der Waals surface area contributed by atoms with E-state index in [4.69, 9.17) is 0 Å². The van der Waals surface area contributed by atoms with Crippen LogP contribution in [0, 0.1) is 10.1 Å². The number of nitrogens with zero attached hydrogens (tertiary/aromatic N) is 1. The van der Waals surface area contributed by atoms with Gasteiger partial charge in [0.15, 0.2) is 6.54 Å². The number of nitrogens with one attached hydrogen (secondary N) is 3. The molecule has 1 unspecified atom stereocenters. The van der Waals surface area contributed by atoms with E-state index in [0.717, 1.165) is 25.1 Å². The zero-order valence-electron chi connectivity index (χ0n) is 14.4. The summed E-state index contributed by atoms with van der Waals surface area (Å²) in [5, 5.41) is 18.8. The molecule has 26 heavy (non-hydrogen) atoms. The highest BCUT2D eigenvalue weighted by Gasteiger charge is 2.31. The first-order chi connectivity index (χ1) is 12.6. The van der Waals surface area contributed by atoms with Crippen LogP contribution in [0.4, 0.5) is 11.4 Å². The lowest BCUT2D eigenvalue weighted by Gasteiger charge is -2.20. The van der Waals surface area contributed by atoms with E-state index < -0.39 is 4.92 Å². The number of rotatable bonds is 8. The number of anilines is 1. The van der Waals surface area contributed by atoms with Crippen LogP contribution < -0.4 is 15.5 Å². The van der Waals surface area contributed by atoms with Gasteiger partial charge in [-0.25, -0.2) is 0 Å². The zero-order chi connectivity index (χ0) is 18.4. The topological polar surface area (TPSA) is 88.7 Å². The molecule has 1 fully saturated rings. The second-order valence-corrected chi connectivity index (χ2v) is 7.36. The SMILES string of the molecule is O=C(C[NH+]1CCC[C@H]1c1cccs1)NCCNc1ccc([N+](=O)[O-])cc1. The average Bonchev–Trinajstić information content (AvgIpc) is 3.30. The van der Waals surface area contributed by atoms with Crippen LogP contribution in [-0.4, -0.2) is 37.0 Å². The molecule has 1 amide bonds. The monoisotopic (exact) mass is 375 g/mol. The number of benzene rings is 1. The maximum atomic E-state index is 12.2. The molecule has 2 heterocycles. The molecule has 2 atom stereocenters. The molecule has 1 aliphatic heterocycles. The normalized spacial score (nSPS) is 19.2. The van der Waals surface area contributed by atoms with Crippen molar-refractivity contribution < 1.29 is 14.6 Å². The number of carbonyl (C=O) groups excluding carboxylic acids is 1. The molecule has 2 aromatic rings. The zero-order valence-corrected chi connectivity index (χ0v) is 15.3. The van der Waals surface area contributed by atoms with Crippen molar-refractivity contribution in [3.8, 4) is 0 Å². The summed E-state index contributed by atoms with van der Waals surface area (Å²) in [5.74, 6) is 0.0638. The predicted octanol–water partition coefficient (Wildman–Crippen LogP) is 1.60. The van der Waals surface area contributed by atoms with Crippen molar-refractivity contribution in [2.24, 2.45) is 0 Å². The Labute approximate surface area is 156 Å². The Hall–Kier alpha value is -2.45. The van der Waals surface area contributed by atoms with Crippen LogP contribution in [0.2, 0.25) is 0 Å². The van der Waals surface area contributed by atoms with Gasteiger partial charge in [-0.05, 0) is 23.6 Å². The Balaban J connectivity index is 1.38. The molecule has 1 aliphatic rings. The van der Waals surface area contributed by atoms with Gasteiger partial charge in [0.1, 0.15) is 6.04 Å². The van der Waals surface area contributed by atoms with E-state index in [1.165, 1.54) is 21.9 Å². The number of likely N-dealkylation sites (tertiary alicyclic amines) is 1. The molecule has 138 valence electrons. The molecule has 0 aliphatic carbocycles. The molecule has 1 aromatic carbocycles. The summed E-state index contributed by atoms with van der Waals surface area (Å²) in [7, 11) is 0. The lowest BCUT2D eigenvalue weighted by molar-refractivity contribution is -0.910. The number of amides is 1. The molecule has 1 saturated heterocycles. The highest BCUT2D eigenvalue weighted by molar-refractivity contribution is 7.10. The van der Waals surface area contributed by atoms with E-state index in [0.29, 0.717) is 25.7 Å². The fraction of sp³-hybridized carbons (Fsp3) is 0.389. The third-order valence-corrected chi connectivity index (χ3v) is 5.60. The van der Waals surface area contributed by atoms with Gasteiger partial charge in [-0.15, -0.1) is 11.3 Å². The lowest BCUT2D eigenvalue weighted by atomic mass is 10.2. The van der Waals surface area contributed by atoms with Crippen LogP contribution in [0.3, 0.4) is 0 Å². The Bertz CT molecular complexity index is 733. The van der Waals surface area contributed by atoms with E-state index in [-0.39, 0.29) is 11.6 Å². The highest BCUT2D eigenvalue weighted by Crippen LogP contribution is 2.23. The minimum Gasteiger partial charge on any atom is -0.383 e. The standard InChI is InChI=1S/C18H22N4O3S/c23-18(13-21-11-1-3-16(21)17-4-2-12-26-17)20-10-9-19-14-5-7-15(8-6-14)22(24)25/h2,4-8,12,16,19H,1,3,9-11,13H2,(H,20,23)/p+1/t16-/m0/s1. The number of thiophene rings is 1. The lowest BCUT2D eigenvalue weighted by Crippen LogP contribution is -3.11. The third kappa shape index (κ3) is 4.80. The number of carbonyl (C=O) groups is 1. The van der Waals surface area contributed by atoms with Crippen molar-refractivity contribution in [2.75, 3.05) is 31.5 Å². The number of quaternary nitrogens is 1. The van der Waals surface area contributed by atoms with Crippen LogP contribution in [0.1, 0.15) is 23.8 Å². The highest BCUT2D eigenvalue weighted by atomic mass is 32.1. The molecular weight excluding hydrogens is 352 g/mol. The third-order valence-electron chi connectivity index (χ3n) is 4.61. The largest absolute Gasteiger partial charge is 0.383 e. The minimum absolute atomic E-state index is 0.0638. The Kier molecular flexibility index (Phi) is 6.19. The number of non-ortho nitro benzene ring substituents is 1. The van der Waals surface area contributed by atoms with Gasteiger partial charge in [-0.1, -0.05) is 6.07 Å². The van der Waals surface area contributed by atoms with Crippen LogP contribution in [0.5, 0.6) is 0 Å². The van der Waals surface area contributed by atoms with Gasteiger partial charge >= 0.3 is 0 Å². The van der Waals surface area contributed by atoms with E-state index >= 15 is 0 Å². The van der Waals surface area contributed by atoms with Gasteiger partial charge in [0, 0.05) is 43.8 Å². The molecule has 0 bridgehead atoms. The van der Waals surface area contributed by atoms with Gasteiger partial charge in [0.05, 0.1) is 16.3 Å². The van der Waals surface area contributed by atoms with E-state index in [1.807, 2.05) is 0 Å². The first-order valence-electron chi connectivity index (χ1n) is 8.76. The maximum absolute atomic E-state index is 12.2. The fourth-order valence-electron chi connectivity index (χ4n) is 3.33. The van der Waals surface area contributed by atoms with Crippen molar-refractivity contribution in [1.29, 1.82) is 0 Å². The smallest absolute Gasteiger partial charge is 0.275 e. The van der Waals surface area contributed by atoms with E-state index in [1.54, 1.807) is 23.5 Å². The molecule has 0 radical (unpaired) electrons. The molecule has 1 aromatic heterocycles. The average molecular weight is 375 g/mol. The molecule has 8 heteroatoms. The minimum atomic E-state index is -0.422. The summed E-state index contributed by atoms with van der Waals surface area (Å²) in [6.45, 7) is 2.64. The van der Waals surface area contributed by atoms with Crippen LogP contribution in [0.25, 0.3) is 0 Å². The Morgan fingerprint density at radius 3 is 2.77 bits per heavy atom. The van der Waals surface area contributed by atoms with E-state index in [2.05, 4.69) is 28.1 Å². The van der Waals surface area contributed by atoms with Gasteiger partial charge < -0.3 is 15.5 Å². The number of nitro benzene ring substituents is 1. The summed E-state index contributed by atoms with van der Waals surface area (Å²) in [5.41, 5.74) is 0.866. The van der Waals surface area contributed by atoms with Crippen molar-refractivity contribution >= 4 is 28.6 Å². The molecule has 3 N–H and O–H groups in total. The van der Waals surface area contributed by atoms with Crippen LogP contribution in [-0.2, 0) is 4.79 Å². The second kappa shape index (κ2) is 8.77. The van der Waals surface area contributed by atoms with Gasteiger partial charge in [0.2, 0.25) is 0 Å². The molecule has 3 rings (SSSR count). The van der Waals surface area contributed by atoms with Crippen molar-refractivity contribution in [3.05, 3.63) is 56.8 Å². The number of hydrogen-bond donors (Lipinski definition) is 3. The van der Waals surface area contributed by atoms with Gasteiger partial charge in [-0.3, -0.25) is 14.9 Å². The van der Waals surface area contributed by atoms with Crippen molar-refractivity contribution in [1.82, 2.24) is 5.32 Å². The first-order valence-corrected chi connectivity index (χ1v) is 9.64. The molecule has 0 spiro atoms. The summed E-state index contributed by atoms with van der Waals surface area (Å²) >= 11 is 1.77. The molecular formula is C18H23N4O3S+. The molecule has 7 nitrogen and oxygen atoms in total. The van der Waals surface area contributed by atoms with Crippen LogP contribution in [0.15, 0.2) is 41.8 Å².